The lowest BCUT2D eigenvalue weighted by molar-refractivity contribution is 0.0597. The highest BCUT2D eigenvalue weighted by Gasteiger charge is 2.17. The smallest absolute Gasteiger partial charge is 0.339 e. The zero-order valence-electron chi connectivity index (χ0n) is 13.7. The number of nitrogens with one attached hydrogen (secondary N) is 1. The number of esters is 1. The number of nitrogens with zero attached hydrogens (tertiary/aromatic N) is 3. The molecule has 0 aliphatic heterocycles. The highest BCUT2D eigenvalue weighted by Crippen LogP contribution is 2.34. The molecule has 0 bridgehead atoms. The summed E-state index contributed by atoms with van der Waals surface area (Å²) < 4.78 is 6.91. The molecule has 8 heteroatoms. The second-order valence-corrected chi connectivity index (χ2v) is 7.20. The summed E-state index contributed by atoms with van der Waals surface area (Å²) in [6, 6.07) is 9.26. The molecular weight excluding hydrogens is 368 g/mol. The van der Waals surface area contributed by atoms with E-state index in [0.29, 0.717) is 5.56 Å². The van der Waals surface area contributed by atoms with Crippen molar-refractivity contribution in [3.8, 4) is 0 Å². The molecule has 1 N–H and O–H groups in total. The van der Waals surface area contributed by atoms with E-state index in [4.69, 9.17) is 9.72 Å². The van der Waals surface area contributed by atoms with Crippen LogP contribution in [-0.4, -0.2) is 32.7 Å². The maximum absolute atomic E-state index is 12.0. The first-order valence-electron chi connectivity index (χ1n) is 7.74. The first-order valence-corrected chi connectivity index (χ1v) is 9.44. The van der Waals surface area contributed by atoms with Gasteiger partial charge in [0.1, 0.15) is 5.03 Å². The van der Waals surface area contributed by atoms with Crippen molar-refractivity contribution in [3.63, 3.8) is 0 Å². The van der Waals surface area contributed by atoms with Gasteiger partial charge in [-0.15, -0.1) is 11.3 Å². The maximum Gasteiger partial charge on any atom is 0.339 e. The van der Waals surface area contributed by atoms with Crippen LogP contribution in [0.25, 0.3) is 17.1 Å². The third kappa shape index (κ3) is 3.16. The molecule has 0 unspecified atom stereocenters. The molecule has 0 amide bonds. The number of methoxy groups -OCH3 is 1. The maximum atomic E-state index is 12.0. The lowest BCUT2D eigenvalue weighted by Crippen LogP contribution is -2.02. The minimum absolute atomic E-state index is 0.358. The minimum atomic E-state index is -0.358. The molecule has 26 heavy (non-hydrogen) atoms. The molecule has 0 saturated carbocycles. The zero-order valence-corrected chi connectivity index (χ0v) is 15.4. The number of benzene rings is 1. The fourth-order valence-electron chi connectivity index (χ4n) is 2.48. The lowest BCUT2D eigenvalue weighted by atomic mass is 10.2. The number of H-pyrrole nitrogens is 1. The van der Waals surface area contributed by atoms with Gasteiger partial charge in [-0.1, -0.05) is 23.9 Å². The first kappa shape index (κ1) is 16.6. The van der Waals surface area contributed by atoms with Crippen molar-refractivity contribution in [2.45, 2.75) is 9.92 Å². The number of imidazole rings is 1. The Morgan fingerprint density at radius 2 is 2.19 bits per heavy atom. The fraction of sp³-hybridized carbons (Fsp3) is 0.0556. The van der Waals surface area contributed by atoms with E-state index in [1.54, 1.807) is 23.6 Å². The molecule has 0 radical (unpaired) electrons. The SMILES string of the molecule is COC(=O)c1ccccc1Sc1nc2sccn2c1C=Cc1ccn[nH]1. The van der Waals surface area contributed by atoms with Gasteiger partial charge in [0.2, 0.25) is 0 Å². The Hall–Kier alpha value is -2.84. The Kier molecular flexibility index (Phi) is 4.59. The molecule has 0 fully saturated rings. The van der Waals surface area contributed by atoms with Crippen molar-refractivity contribution in [1.29, 1.82) is 0 Å². The van der Waals surface area contributed by atoms with Crippen LogP contribution in [0.3, 0.4) is 0 Å². The van der Waals surface area contributed by atoms with Gasteiger partial charge in [-0.3, -0.25) is 9.50 Å². The van der Waals surface area contributed by atoms with Gasteiger partial charge < -0.3 is 4.74 Å². The van der Waals surface area contributed by atoms with E-state index >= 15 is 0 Å². The lowest BCUT2D eigenvalue weighted by Gasteiger charge is -2.06. The molecule has 6 nitrogen and oxygen atoms in total. The number of rotatable bonds is 5. The topological polar surface area (TPSA) is 72.3 Å². The quantitative estimate of drug-likeness (QED) is 0.523. The van der Waals surface area contributed by atoms with Crippen LogP contribution in [0, 0.1) is 0 Å². The molecule has 3 heterocycles. The summed E-state index contributed by atoms with van der Waals surface area (Å²) in [7, 11) is 1.38. The number of aromatic nitrogens is 4. The van der Waals surface area contributed by atoms with Gasteiger partial charge in [0.05, 0.1) is 24.1 Å². The summed E-state index contributed by atoms with van der Waals surface area (Å²) in [6.07, 6.45) is 7.63. The second-order valence-electron chi connectivity index (χ2n) is 5.29. The summed E-state index contributed by atoms with van der Waals surface area (Å²) in [5.41, 5.74) is 2.38. The van der Waals surface area contributed by atoms with Gasteiger partial charge in [0, 0.05) is 22.7 Å². The average molecular weight is 382 g/mol. The zero-order chi connectivity index (χ0) is 17.9. The fourth-order valence-corrected chi connectivity index (χ4v) is 4.27. The van der Waals surface area contributed by atoms with E-state index in [2.05, 4.69) is 10.2 Å². The monoisotopic (exact) mass is 382 g/mol. The van der Waals surface area contributed by atoms with Gasteiger partial charge >= 0.3 is 5.97 Å². The van der Waals surface area contributed by atoms with Crippen molar-refractivity contribution in [1.82, 2.24) is 19.6 Å². The molecule has 4 aromatic rings. The Morgan fingerprint density at radius 1 is 1.31 bits per heavy atom. The van der Waals surface area contributed by atoms with Gasteiger partial charge in [0.15, 0.2) is 4.96 Å². The van der Waals surface area contributed by atoms with E-state index < -0.39 is 0 Å². The molecule has 0 saturated heterocycles. The van der Waals surface area contributed by atoms with Gasteiger partial charge in [-0.25, -0.2) is 9.78 Å². The van der Waals surface area contributed by atoms with Gasteiger partial charge in [-0.2, -0.15) is 5.10 Å². The van der Waals surface area contributed by atoms with Crippen LogP contribution >= 0.6 is 23.1 Å². The normalized spacial score (nSPS) is 11.4. The predicted molar refractivity (Wildman–Crippen MR) is 102 cm³/mol. The Labute approximate surface area is 157 Å². The number of hydrogen-bond donors (Lipinski definition) is 1. The summed E-state index contributed by atoms with van der Waals surface area (Å²) in [5.74, 6) is -0.358. The number of carbonyl (C=O) groups excluding carboxylic acids is 1. The van der Waals surface area contributed by atoms with Crippen molar-refractivity contribution in [3.05, 3.63) is 65.1 Å². The second kappa shape index (κ2) is 7.19. The van der Waals surface area contributed by atoms with E-state index in [1.807, 2.05) is 52.4 Å². The van der Waals surface area contributed by atoms with Crippen LogP contribution in [-0.2, 0) is 4.74 Å². The Morgan fingerprint density at radius 3 is 3.00 bits per heavy atom. The summed E-state index contributed by atoms with van der Waals surface area (Å²) in [4.78, 5) is 18.4. The number of thiazole rings is 1. The highest BCUT2D eigenvalue weighted by molar-refractivity contribution is 7.99. The van der Waals surface area contributed by atoms with Gasteiger partial charge in [-0.05, 0) is 30.4 Å². The summed E-state index contributed by atoms with van der Waals surface area (Å²) in [5, 5.41) is 9.68. The molecule has 130 valence electrons. The van der Waals surface area contributed by atoms with E-state index in [1.165, 1.54) is 18.9 Å². The third-order valence-electron chi connectivity index (χ3n) is 3.71. The molecule has 3 aromatic heterocycles. The van der Waals surface area contributed by atoms with E-state index in [-0.39, 0.29) is 5.97 Å². The molecular formula is C18H14N4O2S2. The number of ether oxygens (including phenoxy) is 1. The highest BCUT2D eigenvalue weighted by atomic mass is 32.2. The first-order chi connectivity index (χ1) is 12.8. The van der Waals surface area contributed by atoms with E-state index in [0.717, 1.165) is 26.3 Å². The van der Waals surface area contributed by atoms with E-state index in [9.17, 15) is 4.79 Å². The van der Waals surface area contributed by atoms with Crippen molar-refractivity contribution >= 4 is 46.2 Å². The standard InChI is InChI=1S/C18H14N4O2S2/c1-24-17(23)13-4-2-3-5-15(13)26-16-14(7-6-12-8-9-19-21-12)22-10-11-25-18(22)20-16/h2-11H,1H3,(H,19,21). The molecule has 0 spiro atoms. The number of hydrogen-bond acceptors (Lipinski definition) is 6. The summed E-state index contributed by atoms with van der Waals surface area (Å²) >= 11 is 3.01. The van der Waals surface area contributed by atoms with Crippen molar-refractivity contribution in [2.24, 2.45) is 0 Å². The van der Waals surface area contributed by atoms with Crippen LogP contribution in [0.5, 0.6) is 0 Å². The molecule has 0 atom stereocenters. The Balaban J connectivity index is 1.75. The van der Waals surface area contributed by atoms with Crippen LogP contribution < -0.4 is 0 Å². The predicted octanol–water partition coefficient (Wildman–Crippen LogP) is 4.23. The third-order valence-corrected chi connectivity index (χ3v) is 5.53. The number of aromatic amines is 1. The van der Waals surface area contributed by atoms with Crippen LogP contribution in [0.2, 0.25) is 0 Å². The average Bonchev–Trinajstić information content (AvgIpc) is 3.38. The Bertz CT molecular complexity index is 1080. The van der Waals surface area contributed by atoms with Crippen LogP contribution in [0.15, 0.2) is 58.0 Å². The molecule has 0 aliphatic carbocycles. The molecule has 1 aromatic carbocycles. The van der Waals surface area contributed by atoms with Crippen LogP contribution in [0.1, 0.15) is 21.7 Å². The molecule has 0 aliphatic rings. The summed E-state index contributed by atoms with van der Waals surface area (Å²) in [6.45, 7) is 0. The van der Waals surface area contributed by atoms with Crippen molar-refractivity contribution in [2.75, 3.05) is 7.11 Å². The number of fused-ring (bicyclic) bond motifs is 1. The van der Waals surface area contributed by atoms with Crippen molar-refractivity contribution < 1.29 is 9.53 Å². The molecule has 4 rings (SSSR count). The van der Waals surface area contributed by atoms with Gasteiger partial charge in [0.25, 0.3) is 0 Å². The largest absolute Gasteiger partial charge is 0.465 e. The minimum Gasteiger partial charge on any atom is -0.465 e. The number of carbonyl (C=O) groups is 1. The van der Waals surface area contributed by atoms with Crippen LogP contribution in [0.4, 0.5) is 0 Å².